The predicted octanol–water partition coefficient (Wildman–Crippen LogP) is 4.89. The minimum atomic E-state index is -0.0716. The molecule has 8 nitrogen and oxygen atoms in total. The number of ether oxygens (including phenoxy) is 1. The first kappa shape index (κ1) is 22.4. The molecule has 0 unspecified atom stereocenters. The number of anilines is 3. The zero-order chi connectivity index (χ0) is 22.8. The van der Waals surface area contributed by atoms with Crippen LogP contribution in [0.5, 0.6) is 0 Å². The van der Waals surface area contributed by atoms with Crippen molar-refractivity contribution < 1.29 is 4.74 Å². The molecule has 4 N–H and O–H groups in total. The van der Waals surface area contributed by atoms with E-state index < -0.39 is 0 Å². The Morgan fingerprint density at radius 3 is 2.70 bits per heavy atom. The topological polar surface area (TPSA) is 103 Å². The molecule has 1 saturated heterocycles. The minimum absolute atomic E-state index is 0.0716. The first-order valence-electron chi connectivity index (χ1n) is 11.9. The van der Waals surface area contributed by atoms with Crippen molar-refractivity contribution >= 4 is 40.3 Å². The largest absolute Gasteiger partial charge is 0.381 e. The summed E-state index contributed by atoms with van der Waals surface area (Å²) in [5, 5.41) is 7.72. The van der Waals surface area contributed by atoms with Crippen molar-refractivity contribution in [2.75, 3.05) is 30.4 Å². The number of nitrogens with one attached hydrogen (secondary N) is 2. The van der Waals surface area contributed by atoms with Crippen LogP contribution in [0.15, 0.2) is 30.5 Å². The van der Waals surface area contributed by atoms with E-state index in [2.05, 4.69) is 27.1 Å². The zero-order valence-corrected chi connectivity index (χ0v) is 19.8. The summed E-state index contributed by atoms with van der Waals surface area (Å²) in [6.45, 7) is 4.47. The summed E-state index contributed by atoms with van der Waals surface area (Å²) >= 11 is 6.22. The Hall–Kier alpha value is -2.42. The van der Waals surface area contributed by atoms with Crippen molar-refractivity contribution in [3.8, 4) is 0 Å². The number of nitrogens with zero attached hydrogens (tertiary/aromatic N) is 4. The van der Waals surface area contributed by atoms with E-state index in [1.54, 1.807) is 0 Å². The second kappa shape index (κ2) is 9.44. The first-order chi connectivity index (χ1) is 16.0. The summed E-state index contributed by atoms with van der Waals surface area (Å²) in [7, 11) is 0. The van der Waals surface area contributed by atoms with Crippen LogP contribution >= 0.6 is 11.6 Å². The second-order valence-corrected chi connectivity index (χ2v) is 9.99. The lowest BCUT2D eigenvalue weighted by atomic mass is 9.86. The Bertz CT molecular complexity index is 1100. The van der Waals surface area contributed by atoms with Crippen LogP contribution in [0.4, 0.5) is 17.6 Å². The van der Waals surface area contributed by atoms with Crippen LogP contribution in [-0.4, -0.2) is 44.8 Å². The molecule has 5 rings (SSSR count). The fraction of sp³-hybridized carbons (Fsp3) is 0.542. The van der Waals surface area contributed by atoms with Gasteiger partial charge in [0.25, 0.3) is 0 Å². The summed E-state index contributed by atoms with van der Waals surface area (Å²) in [6.07, 6.45) is 8.02. The molecule has 2 fully saturated rings. The third kappa shape index (κ3) is 4.93. The van der Waals surface area contributed by atoms with Gasteiger partial charge in [0, 0.05) is 35.5 Å². The van der Waals surface area contributed by atoms with Gasteiger partial charge in [0.1, 0.15) is 5.52 Å². The molecule has 0 bridgehead atoms. The lowest BCUT2D eigenvalue weighted by molar-refractivity contribution is 0.0656. The number of fused-ring (bicyclic) bond motifs is 1. The molecule has 1 saturated carbocycles. The van der Waals surface area contributed by atoms with E-state index in [0.29, 0.717) is 22.9 Å². The smallest absolute Gasteiger partial charge is 0.225 e. The molecule has 1 aromatic carbocycles. The highest BCUT2D eigenvalue weighted by molar-refractivity contribution is 6.30. The van der Waals surface area contributed by atoms with Crippen LogP contribution in [0.1, 0.15) is 51.5 Å². The van der Waals surface area contributed by atoms with Gasteiger partial charge in [-0.05, 0) is 76.1 Å². The van der Waals surface area contributed by atoms with Gasteiger partial charge in [0.05, 0.1) is 6.20 Å². The average molecular weight is 470 g/mol. The van der Waals surface area contributed by atoms with Crippen molar-refractivity contribution in [2.24, 2.45) is 11.7 Å². The third-order valence-corrected chi connectivity index (χ3v) is 7.27. The number of rotatable bonds is 6. The SMILES string of the molecule is CC1(Nc2ncc3nc(Nc4cccc(Cl)c4)n([C@H]4CC[C@H](CN)CC4)c3n2)CCOCC1. The Morgan fingerprint density at radius 1 is 1.18 bits per heavy atom. The Morgan fingerprint density at radius 2 is 1.97 bits per heavy atom. The van der Waals surface area contributed by atoms with E-state index in [9.17, 15) is 0 Å². The molecular weight excluding hydrogens is 438 g/mol. The van der Waals surface area contributed by atoms with Crippen LogP contribution in [-0.2, 0) is 4.74 Å². The lowest BCUT2D eigenvalue weighted by Crippen LogP contribution is -2.41. The highest BCUT2D eigenvalue weighted by atomic mass is 35.5. The molecule has 0 spiro atoms. The van der Waals surface area contributed by atoms with Crippen molar-refractivity contribution in [3.63, 3.8) is 0 Å². The van der Waals surface area contributed by atoms with Gasteiger partial charge in [0.2, 0.25) is 11.9 Å². The van der Waals surface area contributed by atoms with Gasteiger partial charge in [0.15, 0.2) is 5.65 Å². The molecule has 1 aliphatic carbocycles. The maximum absolute atomic E-state index is 6.22. The van der Waals surface area contributed by atoms with Crippen LogP contribution in [0, 0.1) is 5.92 Å². The fourth-order valence-electron chi connectivity index (χ4n) is 4.94. The van der Waals surface area contributed by atoms with Gasteiger partial charge in [-0.1, -0.05) is 17.7 Å². The van der Waals surface area contributed by atoms with Crippen LogP contribution < -0.4 is 16.4 Å². The van der Waals surface area contributed by atoms with E-state index in [0.717, 1.165) is 81.1 Å². The van der Waals surface area contributed by atoms with Crippen molar-refractivity contribution in [2.45, 2.75) is 57.0 Å². The van der Waals surface area contributed by atoms with Crippen LogP contribution in [0.2, 0.25) is 5.02 Å². The van der Waals surface area contributed by atoms with Crippen molar-refractivity contribution in [1.82, 2.24) is 19.5 Å². The number of imidazole rings is 1. The van der Waals surface area contributed by atoms with E-state index in [1.165, 1.54) is 0 Å². The first-order valence-corrected chi connectivity index (χ1v) is 12.2. The van der Waals surface area contributed by atoms with Crippen LogP contribution in [0.3, 0.4) is 0 Å². The quantitative estimate of drug-likeness (QED) is 0.472. The number of aromatic nitrogens is 4. The summed E-state index contributed by atoms with van der Waals surface area (Å²) < 4.78 is 7.79. The summed E-state index contributed by atoms with van der Waals surface area (Å²) in [5.41, 5.74) is 8.40. The number of benzene rings is 1. The lowest BCUT2D eigenvalue weighted by Gasteiger charge is -2.34. The van der Waals surface area contributed by atoms with E-state index >= 15 is 0 Å². The highest BCUT2D eigenvalue weighted by Gasteiger charge is 2.30. The van der Waals surface area contributed by atoms with Crippen molar-refractivity contribution in [3.05, 3.63) is 35.5 Å². The predicted molar refractivity (Wildman–Crippen MR) is 132 cm³/mol. The number of nitrogens with two attached hydrogens (primary N) is 1. The zero-order valence-electron chi connectivity index (χ0n) is 19.1. The normalized spacial score (nSPS) is 22.9. The molecule has 1 aliphatic heterocycles. The number of hydrogen-bond donors (Lipinski definition) is 3. The monoisotopic (exact) mass is 469 g/mol. The number of halogens is 1. The summed E-state index contributed by atoms with van der Waals surface area (Å²) in [6, 6.07) is 8.00. The van der Waals surface area contributed by atoms with Gasteiger partial charge >= 0.3 is 0 Å². The average Bonchev–Trinajstić information content (AvgIpc) is 3.16. The molecule has 9 heteroatoms. The molecule has 176 valence electrons. The fourth-order valence-corrected chi connectivity index (χ4v) is 5.13. The van der Waals surface area contributed by atoms with E-state index in [1.807, 2.05) is 30.5 Å². The van der Waals surface area contributed by atoms with Crippen molar-refractivity contribution in [1.29, 1.82) is 0 Å². The molecule has 0 radical (unpaired) electrons. The summed E-state index contributed by atoms with van der Waals surface area (Å²) in [5.74, 6) is 2.01. The van der Waals surface area contributed by atoms with Gasteiger partial charge < -0.3 is 21.1 Å². The van der Waals surface area contributed by atoms with E-state index in [-0.39, 0.29) is 5.54 Å². The van der Waals surface area contributed by atoms with E-state index in [4.69, 9.17) is 32.0 Å². The molecular formula is C24H32ClN7O. The highest BCUT2D eigenvalue weighted by Crippen LogP contribution is 2.37. The van der Waals surface area contributed by atoms with Gasteiger partial charge in [-0.15, -0.1) is 0 Å². The molecule has 3 heterocycles. The summed E-state index contributed by atoms with van der Waals surface area (Å²) in [4.78, 5) is 14.4. The molecule has 3 aromatic rings. The Kier molecular flexibility index (Phi) is 6.40. The second-order valence-electron chi connectivity index (χ2n) is 9.55. The van der Waals surface area contributed by atoms with Gasteiger partial charge in [-0.3, -0.25) is 4.57 Å². The maximum Gasteiger partial charge on any atom is 0.225 e. The Labute approximate surface area is 199 Å². The molecule has 0 amide bonds. The molecule has 33 heavy (non-hydrogen) atoms. The minimum Gasteiger partial charge on any atom is -0.381 e. The molecule has 0 atom stereocenters. The maximum atomic E-state index is 6.22. The number of hydrogen-bond acceptors (Lipinski definition) is 7. The van der Waals surface area contributed by atoms with Gasteiger partial charge in [-0.2, -0.15) is 4.98 Å². The third-order valence-electron chi connectivity index (χ3n) is 7.04. The standard InChI is InChI=1S/C24H32ClN7O/c1-24(9-11-33-12-10-24)31-22-27-15-20-21(30-22)32(19-7-5-16(14-26)6-8-19)23(29-20)28-18-4-2-3-17(25)13-18/h2-4,13,15-16,19H,5-12,14,26H2,1H3,(H,28,29)(H,27,30,31)/t16-,19-. The molecule has 2 aliphatic rings. The van der Waals surface area contributed by atoms with Crippen LogP contribution in [0.25, 0.3) is 11.2 Å². The van der Waals surface area contributed by atoms with Gasteiger partial charge in [-0.25, -0.2) is 9.97 Å². The Balaban J connectivity index is 1.51. The molecule has 2 aromatic heterocycles.